The second kappa shape index (κ2) is 9.67. The van der Waals surface area contributed by atoms with Crippen molar-refractivity contribution < 1.29 is 4.74 Å². The number of hydrogen-bond donors (Lipinski definition) is 2. The van der Waals surface area contributed by atoms with E-state index in [1.807, 2.05) is 7.05 Å². The van der Waals surface area contributed by atoms with E-state index in [1.165, 1.54) is 17.5 Å². The van der Waals surface area contributed by atoms with Crippen molar-refractivity contribution >= 4 is 5.96 Å². The van der Waals surface area contributed by atoms with Gasteiger partial charge in [0.25, 0.3) is 0 Å². The van der Waals surface area contributed by atoms with Crippen LogP contribution in [0, 0.1) is 18.8 Å². The molecule has 1 aromatic carbocycles. The van der Waals surface area contributed by atoms with Crippen molar-refractivity contribution in [2.75, 3.05) is 26.7 Å². The Morgan fingerprint density at radius 1 is 1.25 bits per heavy atom. The van der Waals surface area contributed by atoms with E-state index in [0.717, 1.165) is 38.5 Å². The summed E-state index contributed by atoms with van der Waals surface area (Å²) in [4.78, 5) is 4.33. The molecule has 2 atom stereocenters. The predicted octanol–water partition coefficient (Wildman–Crippen LogP) is 3.67. The number of guanidine groups is 1. The number of hydrogen-bond acceptors (Lipinski definition) is 2. The van der Waals surface area contributed by atoms with Gasteiger partial charge in [-0.2, -0.15) is 0 Å². The Hall–Kier alpha value is -1.55. The van der Waals surface area contributed by atoms with Gasteiger partial charge in [0.2, 0.25) is 0 Å². The molecule has 1 aliphatic rings. The summed E-state index contributed by atoms with van der Waals surface area (Å²) in [7, 11) is 1.83. The Balaban J connectivity index is 1.89. The van der Waals surface area contributed by atoms with Gasteiger partial charge in [-0.05, 0) is 37.7 Å². The van der Waals surface area contributed by atoms with Crippen molar-refractivity contribution in [1.29, 1.82) is 0 Å². The Kier molecular flexibility index (Phi) is 7.57. The molecule has 1 heterocycles. The summed E-state index contributed by atoms with van der Waals surface area (Å²) in [5.74, 6) is 2.07. The van der Waals surface area contributed by atoms with Crippen molar-refractivity contribution in [3.05, 3.63) is 35.4 Å². The maximum atomic E-state index is 6.09. The molecule has 2 unspecified atom stereocenters. The largest absolute Gasteiger partial charge is 0.373 e. The van der Waals surface area contributed by atoms with Crippen LogP contribution in [0.4, 0.5) is 0 Å². The van der Waals surface area contributed by atoms with Crippen LogP contribution in [0.3, 0.4) is 0 Å². The summed E-state index contributed by atoms with van der Waals surface area (Å²) in [5, 5.41) is 6.88. The highest BCUT2D eigenvalue weighted by atomic mass is 16.5. The fraction of sp³-hybridized carbons (Fsp3) is 0.650. The molecule has 1 saturated heterocycles. The maximum absolute atomic E-state index is 6.09. The molecule has 0 amide bonds. The van der Waals surface area contributed by atoms with Crippen LogP contribution in [0.15, 0.2) is 29.3 Å². The summed E-state index contributed by atoms with van der Waals surface area (Å²) in [6.45, 7) is 9.31. The van der Waals surface area contributed by atoms with E-state index in [-0.39, 0.29) is 6.10 Å². The molecular weight excluding hydrogens is 298 g/mol. The van der Waals surface area contributed by atoms with Crippen LogP contribution in [0.25, 0.3) is 0 Å². The average Bonchev–Trinajstić information content (AvgIpc) is 2.58. The lowest BCUT2D eigenvalue weighted by Gasteiger charge is -2.32. The molecule has 1 aromatic rings. The number of aliphatic imine (C=N–C) groups is 1. The van der Waals surface area contributed by atoms with Crippen LogP contribution in [0.5, 0.6) is 0 Å². The number of nitrogens with zero attached hydrogens (tertiary/aromatic N) is 1. The lowest BCUT2D eigenvalue weighted by atomic mass is 9.89. The molecule has 4 heteroatoms. The quantitative estimate of drug-likeness (QED) is 0.617. The van der Waals surface area contributed by atoms with Crippen LogP contribution in [0.2, 0.25) is 0 Å². The minimum Gasteiger partial charge on any atom is -0.373 e. The van der Waals surface area contributed by atoms with Gasteiger partial charge in [0, 0.05) is 32.7 Å². The van der Waals surface area contributed by atoms with Gasteiger partial charge >= 0.3 is 0 Å². The van der Waals surface area contributed by atoms with Crippen molar-refractivity contribution in [2.45, 2.75) is 46.1 Å². The molecule has 0 spiro atoms. The van der Waals surface area contributed by atoms with Gasteiger partial charge in [-0.1, -0.05) is 43.7 Å². The van der Waals surface area contributed by atoms with Crippen LogP contribution in [0.1, 0.15) is 50.3 Å². The van der Waals surface area contributed by atoms with Gasteiger partial charge in [0.05, 0.1) is 6.10 Å². The SMILES string of the molecule is CN=C(NCCC(C)C)NCC1CCCOC1c1ccc(C)cc1. The highest BCUT2D eigenvalue weighted by Gasteiger charge is 2.27. The molecule has 2 rings (SSSR count). The van der Waals surface area contributed by atoms with E-state index >= 15 is 0 Å². The third kappa shape index (κ3) is 5.82. The summed E-state index contributed by atoms with van der Waals surface area (Å²) in [6.07, 6.45) is 3.66. The van der Waals surface area contributed by atoms with Gasteiger partial charge in [-0.25, -0.2) is 0 Å². The zero-order valence-electron chi connectivity index (χ0n) is 15.6. The van der Waals surface area contributed by atoms with Gasteiger partial charge < -0.3 is 15.4 Å². The first-order valence-electron chi connectivity index (χ1n) is 9.23. The second-order valence-corrected chi connectivity index (χ2v) is 7.17. The van der Waals surface area contributed by atoms with E-state index in [9.17, 15) is 0 Å². The monoisotopic (exact) mass is 331 g/mol. The van der Waals surface area contributed by atoms with E-state index < -0.39 is 0 Å². The molecule has 0 bridgehead atoms. The van der Waals surface area contributed by atoms with Crippen molar-refractivity contribution in [1.82, 2.24) is 10.6 Å². The van der Waals surface area contributed by atoms with Crippen LogP contribution in [-0.2, 0) is 4.74 Å². The molecule has 134 valence electrons. The molecule has 0 aliphatic carbocycles. The minimum atomic E-state index is 0.181. The van der Waals surface area contributed by atoms with E-state index in [0.29, 0.717) is 11.8 Å². The average molecular weight is 332 g/mol. The molecule has 0 saturated carbocycles. The standard InChI is InChI=1S/C20H33N3O/c1-15(2)11-12-22-20(21-4)23-14-18-6-5-13-24-19(18)17-9-7-16(3)8-10-17/h7-10,15,18-19H,5-6,11-14H2,1-4H3,(H2,21,22,23). The summed E-state index contributed by atoms with van der Waals surface area (Å²) < 4.78 is 6.09. The van der Waals surface area contributed by atoms with Crippen LogP contribution >= 0.6 is 0 Å². The zero-order valence-corrected chi connectivity index (χ0v) is 15.6. The fourth-order valence-corrected chi connectivity index (χ4v) is 3.10. The number of ether oxygens (including phenoxy) is 1. The third-order valence-corrected chi connectivity index (χ3v) is 4.62. The van der Waals surface area contributed by atoms with Crippen LogP contribution in [-0.4, -0.2) is 32.7 Å². The Labute approximate surface area is 147 Å². The smallest absolute Gasteiger partial charge is 0.190 e. The first kappa shape index (κ1) is 18.8. The van der Waals surface area contributed by atoms with E-state index in [2.05, 4.69) is 60.7 Å². The van der Waals surface area contributed by atoms with E-state index in [4.69, 9.17) is 4.74 Å². The molecule has 24 heavy (non-hydrogen) atoms. The maximum Gasteiger partial charge on any atom is 0.190 e. The third-order valence-electron chi connectivity index (χ3n) is 4.62. The molecule has 2 N–H and O–H groups in total. The number of aryl methyl sites for hydroxylation is 1. The predicted molar refractivity (Wildman–Crippen MR) is 101 cm³/mol. The summed E-state index contributed by atoms with van der Waals surface area (Å²) in [5.41, 5.74) is 2.58. The topological polar surface area (TPSA) is 45.7 Å². The Morgan fingerprint density at radius 2 is 2.00 bits per heavy atom. The summed E-state index contributed by atoms with van der Waals surface area (Å²) in [6, 6.07) is 8.75. The molecule has 0 radical (unpaired) electrons. The van der Waals surface area contributed by atoms with Crippen molar-refractivity contribution in [3.8, 4) is 0 Å². The highest BCUT2D eigenvalue weighted by molar-refractivity contribution is 5.79. The van der Waals surface area contributed by atoms with Crippen LogP contribution < -0.4 is 10.6 Å². The van der Waals surface area contributed by atoms with E-state index in [1.54, 1.807) is 0 Å². The Bertz CT molecular complexity index is 510. The highest BCUT2D eigenvalue weighted by Crippen LogP contribution is 2.33. The Morgan fingerprint density at radius 3 is 2.67 bits per heavy atom. The normalized spacial score (nSPS) is 21.8. The van der Waals surface area contributed by atoms with Crippen molar-refractivity contribution in [3.63, 3.8) is 0 Å². The number of benzene rings is 1. The number of nitrogens with one attached hydrogen (secondary N) is 2. The lowest BCUT2D eigenvalue weighted by molar-refractivity contribution is -0.0265. The van der Waals surface area contributed by atoms with Gasteiger partial charge in [0.1, 0.15) is 0 Å². The van der Waals surface area contributed by atoms with Gasteiger partial charge in [0.15, 0.2) is 5.96 Å². The molecular formula is C20H33N3O. The minimum absolute atomic E-state index is 0.181. The molecule has 0 aromatic heterocycles. The summed E-state index contributed by atoms with van der Waals surface area (Å²) >= 11 is 0. The van der Waals surface area contributed by atoms with Crippen molar-refractivity contribution in [2.24, 2.45) is 16.8 Å². The first-order valence-corrected chi connectivity index (χ1v) is 9.23. The fourth-order valence-electron chi connectivity index (χ4n) is 3.10. The molecule has 4 nitrogen and oxygen atoms in total. The second-order valence-electron chi connectivity index (χ2n) is 7.17. The van der Waals surface area contributed by atoms with Gasteiger partial charge in [-0.15, -0.1) is 0 Å². The number of rotatable bonds is 6. The van der Waals surface area contributed by atoms with Gasteiger partial charge in [-0.3, -0.25) is 4.99 Å². The lowest BCUT2D eigenvalue weighted by Crippen LogP contribution is -2.42. The molecule has 1 aliphatic heterocycles. The zero-order chi connectivity index (χ0) is 17.4. The first-order chi connectivity index (χ1) is 11.6. The molecule has 1 fully saturated rings.